The van der Waals surface area contributed by atoms with E-state index < -0.39 is 0 Å². The van der Waals surface area contributed by atoms with Crippen molar-refractivity contribution in [3.05, 3.63) is 0 Å². The number of β-amino-alcohol motifs (C(OH)–C–C–N with tert-alkyl or cyclic N) is 1. The minimum atomic E-state index is -0.326. The molecule has 1 rings (SSSR count). The van der Waals surface area contributed by atoms with Crippen molar-refractivity contribution in [3.8, 4) is 0 Å². The van der Waals surface area contributed by atoms with Crippen LogP contribution in [0.1, 0.15) is 12.8 Å². The molecule has 2 atom stereocenters. The summed E-state index contributed by atoms with van der Waals surface area (Å²) in [6.07, 6.45) is 1.77. The van der Waals surface area contributed by atoms with Crippen LogP contribution in [0.15, 0.2) is 0 Å². The lowest BCUT2D eigenvalue weighted by Crippen LogP contribution is -2.33. The van der Waals surface area contributed by atoms with Gasteiger partial charge in [-0.1, -0.05) is 0 Å². The van der Waals surface area contributed by atoms with Crippen LogP contribution in [0.5, 0.6) is 0 Å². The molecule has 10 heavy (non-hydrogen) atoms. The molecule has 0 aliphatic carbocycles. The second-order valence-electron chi connectivity index (χ2n) is 2.69. The number of hydrogen-bond acceptors (Lipinski definition) is 3. The van der Waals surface area contributed by atoms with Gasteiger partial charge in [-0.3, -0.25) is 0 Å². The summed E-state index contributed by atoms with van der Waals surface area (Å²) in [5.41, 5.74) is 0. The zero-order valence-corrected chi connectivity index (χ0v) is 6.34. The van der Waals surface area contributed by atoms with E-state index in [2.05, 4.69) is 5.32 Å². The van der Waals surface area contributed by atoms with Gasteiger partial charge in [0.05, 0.1) is 12.2 Å². The summed E-state index contributed by atoms with van der Waals surface area (Å²) in [6, 6.07) is 0. The van der Waals surface area contributed by atoms with Crippen molar-refractivity contribution in [1.82, 2.24) is 5.32 Å². The molecular weight excluding hydrogens is 130 g/mol. The number of rotatable bonds is 1. The maximum atomic E-state index is 9.36. The van der Waals surface area contributed by atoms with Crippen LogP contribution in [-0.2, 0) is 4.74 Å². The summed E-state index contributed by atoms with van der Waals surface area (Å²) in [7, 11) is 1.65. The lowest BCUT2D eigenvalue weighted by Gasteiger charge is -2.17. The Balaban J connectivity index is 2.35. The maximum Gasteiger partial charge on any atom is 0.0925 e. The number of nitrogens with one attached hydrogen (secondary N) is 1. The average Bonchev–Trinajstić information content (AvgIpc) is 2.13. The van der Waals surface area contributed by atoms with E-state index >= 15 is 0 Å². The van der Waals surface area contributed by atoms with Crippen LogP contribution in [0.2, 0.25) is 0 Å². The first-order chi connectivity index (χ1) is 4.84. The van der Waals surface area contributed by atoms with Gasteiger partial charge in [-0.25, -0.2) is 0 Å². The highest BCUT2D eigenvalue weighted by Gasteiger charge is 2.19. The van der Waals surface area contributed by atoms with Crippen molar-refractivity contribution >= 4 is 0 Å². The smallest absolute Gasteiger partial charge is 0.0925 e. The Bertz CT molecular complexity index is 97.6. The topological polar surface area (TPSA) is 41.5 Å². The molecule has 1 aliphatic heterocycles. The standard InChI is InChI=1S/C7H15NO2/c1-10-7-3-2-4-8-5-6(7)9/h6-9H,2-5H2,1H3. The molecule has 3 heteroatoms. The predicted molar refractivity (Wildman–Crippen MR) is 38.9 cm³/mol. The molecular formula is C7H15NO2. The van der Waals surface area contributed by atoms with Crippen LogP contribution >= 0.6 is 0 Å². The quantitative estimate of drug-likeness (QED) is 0.534. The fourth-order valence-electron chi connectivity index (χ4n) is 1.28. The maximum absolute atomic E-state index is 9.36. The molecule has 0 aromatic rings. The van der Waals surface area contributed by atoms with Gasteiger partial charge >= 0.3 is 0 Å². The van der Waals surface area contributed by atoms with Crippen LogP contribution in [0, 0.1) is 0 Å². The van der Waals surface area contributed by atoms with Gasteiger partial charge < -0.3 is 15.2 Å². The zero-order valence-electron chi connectivity index (χ0n) is 6.34. The highest BCUT2D eigenvalue weighted by atomic mass is 16.5. The molecule has 0 aromatic heterocycles. The largest absolute Gasteiger partial charge is 0.389 e. The lowest BCUT2D eigenvalue weighted by molar-refractivity contribution is -0.00897. The Kier molecular flexibility index (Phi) is 3.12. The Morgan fingerprint density at radius 1 is 1.60 bits per heavy atom. The molecule has 1 heterocycles. The number of hydrogen-bond donors (Lipinski definition) is 2. The van der Waals surface area contributed by atoms with E-state index in [0.29, 0.717) is 6.54 Å². The SMILES string of the molecule is COC1CCCNCC1O. The molecule has 3 nitrogen and oxygen atoms in total. The third kappa shape index (κ3) is 1.94. The molecule has 0 radical (unpaired) electrons. The Morgan fingerprint density at radius 3 is 3.10 bits per heavy atom. The van der Waals surface area contributed by atoms with Crippen LogP contribution in [-0.4, -0.2) is 37.5 Å². The summed E-state index contributed by atoms with van der Waals surface area (Å²) in [5, 5.41) is 12.5. The van der Waals surface area contributed by atoms with E-state index in [0.717, 1.165) is 19.4 Å². The summed E-state index contributed by atoms with van der Waals surface area (Å²) in [6.45, 7) is 1.66. The first-order valence-corrected chi connectivity index (χ1v) is 3.76. The fourth-order valence-corrected chi connectivity index (χ4v) is 1.28. The van der Waals surface area contributed by atoms with Gasteiger partial charge in [0.1, 0.15) is 0 Å². The van der Waals surface area contributed by atoms with E-state index in [-0.39, 0.29) is 12.2 Å². The molecule has 1 saturated heterocycles. The van der Waals surface area contributed by atoms with Gasteiger partial charge in [0, 0.05) is 13.7 Å². The van der Waals surface area contributed by atoms with Crippen LogP contribution in [0.4, 0.5) is 0 Å². The van der Waals surface area contributed by atoms with E-state index in [9.17, 15) is 5.11 Å². The molecule has 0 amide bonds. The summed E-state index contributed by atoms with van der Waals surface area (Å²) < 4.78 is 5.09. The molecule has 2 N–H and O–H groups in total. The second-order valence-corrected chi connectivity index (χ2v) is 2.69. The first kappa shape index (κ1) is 7.98. The minimum Gasteiger partial charge on any atom is -0.389 e. The van der Waals surface area contributed by atoms with Gasteiger partial charge in [-0.15, -0.1) is 0 Å². The van der Waals surface area contributed by atoms with Gasteiger partial charge in [-0.2, -0.15) is 0 Å². The third-order valence-corrected chi connectivity index (χ3v) is 1.93. The summed E-state index contributed by atoms with van der Waals surface area (Å²) in [4.78, 5) is 0. The van der Waals surface area contributed by atoms with Gasteiger partial charge in [0.15, 0.2) is 0 Å². The van der Waals surface area contributed by atoms with E-state index in [1.54, 1.807) is 7.11 Å². The third-order valence-electron chi connectivity index (χ3n) is 1.93. The molecule has 60 valence electrons. The number of methoxy groups -OCH3 is 1. The van der Waals surface area contributed by atoms with E-state index in [4.69, 9.17) is 4.74 Å². The van der Waals surface area contributed by atoms with E-state index in [1.807, 2.05) is 0 Å². The summed E-state index contributed by atoms with van der Waals surface area (Å²) >= 11 is 0. The van der Waals surface area contributed by atoms with Gasteiger partial charge in [0.25, 0.3) is 0 Å². The molecule has 0 spiro atoms. The monoisotopic (exact) mass is 145 g/mol. The Hall–Kier alpha value is -0.120. The van der Waals surface area contributed by atoms with Crippen LogP contribution < -0.4 is 5.32 Å². The van der Waals surface area contributed by atoms with Crippen molar-refractivity contribution in [2.45, 2.75) is 25.0 Å². The predicted octanol–water partition coefficient (Wildman–Crippen LogP) is -0.254. The Labute approximate surface area is 61.4 Å². The van der Waals surface area contributed by atoms with Crippen molar-refractivity contribution in [2.24, 2.45) is 0 Å². The molecule has 1 fully saturated rings. The number of aliphatic hydroxyl groups is 1. The molecule has 1 aliphatic rings. The second kappa shape index (κ2) is 3.91. The van der Waals surface area contributed by atoms with E-state index in [1.165, 1.54) is 0 Å². The van der Waals surface area contributed by atoms with Crippen LogP contribution in [0.25, 0.3) is 0 Å². The normalized spacial score (nSPS) is 35.4. The summed E-state index contributed by atoms with van der Waals surface area (Å²) in [5.74, 6) is 0. The lowest BCUT2D eigenvalue weighted by atomic mass is 10.1. The average molecular weight is 145 g/mol. The van der Waals surface area contributed by atoms with Crippen LogP contribution in [0.3, 0.4) is 0 Å². The minimum absolute atomic E-state index is 0.0370. The molecule has 0 saturated carbocycles. The van der Waals surface area contributed by atoms with Crippen molar-refractivity contribution < 1.29 is 9.84 Å². The van der Waals surface area contributed by atoms with Crippen molar-refractivity contribution in [2.75, 3.05) is 20.2 Å². The Morgan fingerprint density at radius 2 is 2.40 bits per heavy atom. The number of ether oxygens (including phenoxy) is 1. The first-order valence-electron chi connectivity index (χ1n) is 3.76. The van der Waals surface area contributed by atoms with Gasteiger partial charge in [-0.05, 0) is 19.4 Å². The zero-order chi connectivity index (χ0) is 7.40. The highest BCUT2D eigenvalue weighted by Crippen LogP contribution is 2.08. The number of aliphatic hydroxyl groups excluding tert-OH is 1. The molecule has 0 aromatic carbocycles. The molecule has 0 bridgehead atoms. The van der Waals surface area contributed by atoms with Crippen molar-refractivity contribution in [1.29, 1.82) is 0 Å². The van der Waals surface area contributed by atoms with Crippen molar-refractivity contribution in [3.63, 3.8) is 0 Å². The molecule has 2 unspecified atom stereocenters. The fraction of sp³-hybridized carbons (Fsp3) is 1.00. The van der Waals surface area contributed by atoms with Gasteiger partial charge in [0.2, 0.25) is 0 Å². The highest BCUT2D eigenvalue weighted by molar-refractivity contribution is 4.74.